The van der Waals surface area contributed by atoms with Gasteiger partial charge in [-0.05, 0) is 18.2 Å². The average Bonchev–Trinajstić information content (AvgIpc) is 2.00. The Bertz CT molecular complexity index is 591. The van der Waals surface area contributed by atoms with E-state index in [4.69, 9.17) is 10.7 Å². The zero-order valence-electron chi connectivity index (χ0n) is 7.44. The summed E-state index contributed by atoms with van der Waals surface area (Å²) in [5, 5.41) is 0. The first-order valence-corrected chi connectivity index (χ1v) is 8.56. The number of rotatable bonds is 2. The van der Waals surface area contributed by atoms with Crippen molar-refractivity contribution in [2.75, 3.05) is 6.26 Å². The highest BCUT2D eigenvalue weighted by Crippen LogP contribution is 2.27. The second-order valence-electron chi connectivity index (χ2n) is 2.80. The number of hydrogen-bond acceptors (Lipinski definition) is 4. The molecule has 0 saturated heterocycles. The normalized spacial score (nSPS) is 12.7. The van der Waals surface area contributed by atoms with Gasteiger partial charge in [-0.25, -0.2) is 16.8 Å². The molecule has 0 N–H and O–H groups in total. The molecule has 84 valence electrons. The second-order valence-corrected chi connectivity index (χ2v) is 8.24. The molecule has 4 nitrogen and oxygen atoms in total. The molecule has 8 heteroatoms. The van der Waals surface area contributed by atoms with Gasteiger partial charge in [0.15, 0.2) is 9.84 Å². The Hall–Kier alpha value is -0.110. The number of sulfone groups is 1. The first kappa shape index (κ1) is 13.0. The molecule has 1 aromatic rings. The van der Waals surface area contributed by atoms with E-state index in [2.05, 4.69) is 15.9 Å². The molecule has 0 saturated carbocycles. The van der Waals surface area contributed by atoms with Crippen LogP contribution in [0.1, 0.15) is 0 Å². The molecule has 0 atom stereocenters. The molecule has 0 amide bonds. The Morgan fingerprint density at radius 3 is 2.07 bits per heavy atom. The highest BCUT2D eigenvalue weighted by molar-refractivity contribution is 9.10. The lowest BCUT2D eigenvalue weighted by Gasteiger charge is -2.04. The van der Waals surface area contributed by atoms with Crippen molar-refractivity contribution < 1.29 is 16.8 Å². The van der Waals surface area contributed by atoms with E-state index in [-0.39, 0.29) is 4.90 Å². The van der Waals surface area contributed by atoms with Crippen molar-refractivity contribution in [2.24, 2.45) is 0 Å². The Labute approximate surface area is 101 Å². The van der Waals surface area contributed by atoms with Crippen LogP contribution in [0.5, 0.6) is 0 Å². The summed E-state index contributed by atoms with van der Waals surface area (Å²) >= 11 is 3.04. The van der Waals surface area contributed by atoms with Crippen LogP contribution in [-0.4, -0.2) is 23.1 Å². The Morgan fingerprint density at radius 2 is 1.67 bits per heavy atom. The molecule has 0 heterocycles. The van der Waals surface area contributed by atoms with Gasteiger partial charge in [-0.15, -0.1) is 0 Å². The summed E-state index contributed by atoms with van der Waals surface area (Å²) in [6.45, 7) is 0. The van der Waals surface area contributed by atoms with Crippen LogP contribution in [0.4, 0.5) is 0 Å². The van der Waals surface area contributed by atoms with Gasteiger partial charge in [-0.1, -0.05) is 15.9 Å². The molecule has 15 heavy (non-hydrogen) atoms. The largest absolute Gasteiger partial charge is 0.262 e. The summed E-state index contributed by atoms with van der Waals surface area (Å²) in [5.74, 6) is 0. The van der Waals surface area contributed by atoms with E-state index < -0.39 is 23.8 Å². The van der Waals surface area contributed by atoms with Crippen LogP contribution in [0.2, 0.25) is 0 Å². The molecular formula is C7H6BrClO4S2. The van der Waals surface area contributed by atoms with Gasteiger partial charge in [-0.3, -0.25) is 0 Å². The Balaban J connectivity index is 3.71. The van der Waals surface area contributed by atoms with Gasteiger partial charge in [0.25, 0.3) is 9.05 Å². The highest BCUT2D eigenvalue weighted by Gasteiger charge is 2.22. The van der Waals surface area contributed by atoms with Crippen molar-refractivity contribution in [1.82, 2.24) is 0 Å². The van der Waals surface area contributed by atoms with Crippen LogP contribution in [0, 0.1) is 0 Å². The van der Waals surface area contributed by atoms with E-state index >= 15 is 0 Å². The summed E-state index contributed by atoms with van der Waals surface area (Å²) in [7, 11) is -2.57. The predicted molar refractivity (Wildman–Crippen MR) is 60.3 cm³/mol. The van der Waals surface area contributed by atoms with Crippen molar-refractivity contribution in [3.05, 3.63) is 22.7 Å². The van der Waals surface area contributed by atoms with Crippen LogP contribution >= 0.6 is 26.6 Å². The smallest absolute Gasteiger partial charge is 0.224 e. The van der Waals surface area contributed by atoms with Gasteiger partial charge in [-0.2, -0.15) is 0 Å². The molecular weight excluding hydrogens is 328 g/mol. The molecule has 0 spiro atoms. The lowest BCUT2D eigenvalue weighted by molar-refractivity contribution is 0.592. The quantitative estimate of drug-likeness (QED) is 0.774. The molecule has 0 aliphatic carbocycles. The van der Waals surface area contributed by atoms with Gasteiger partial charge in [0, 0.05) is 21.4 Å². The van der Waals surface area contributed by atoms with E-state index in [9.17, 15) is 16.8 Å². The number of hydrogen-bond donors (Lipinski definition) is 0. The maximum Gasteiger partial charge on any atom is 0.262 e. The van der Waals surface area contributed by atoms with Crippen molar-refractivity contribution in [3.8, 4) is 0 Å². The maximum absolute atomic E-state index is 11.3. The van der Waals surface area contributed by atoms with Crippen LogP contribution < -0.4 is 0 Å². The monoisotopic (exact) mass is 332 g/mol. The average molecular weight is 334 g/mol. The third kappa shape index (κ3) is 3.17. The van der Waals surface area contributed by atoms with E-state index in [1.165, 1.54) is 12.1 Å². The summed E-state index contributed by atoms with van der Waals surface area (Å²) in [6.07, 6.45) is 0.918. The van der Waals surface area contributed by atoms with E-state index in [1.54, 1.807) is 0 Å². The molecule has 0 fully saturated rings. The number of halogens is 2. The fourth-order valence-corrected chi connectivity index (χ4v) is 4.11. The first-order valence-electron chi connectivity index (χ1n) is 3.56. The summed E-state index contributed by atoms with van der Waals surface area (Å²) < 4.78 is 45.3. The van der Waals surface area contributed by atoms with E-state index in [0.29, 0.717) is 4.47 Å². The van der Waals surface area contributed by atoms with Crippen LogP contribution in [0.3, 0.4) is 0 Å². The molecule has 0 bridgehead atoms. The lowest BCUT2D eigenvalue weighted by Crippen LogP contribution is -2.04. The second kappa shape index (κ2) is 4.04. The first-order chi connectivity index (χ1) is 6.62. The molecule has 0 aliphatic heterocycles. The minimum Gasteiger partial charge on any atom is -0.224 e. The zero-order valence-corrected chi connectivity index (χ0v) is 11.4. The minimum atomic E-state index is -4.08. The Kier molecular flexibility index (Phi) is 3.49. The standard InChI is InChI=1S/C7H6BrClO4S2/c1-14(10,11)6-3-2-5(8)4-7(6)15(9,12)13/h2-4H,1H3. The molecule has 1 rings (SSSR count). The summed E-state index contributed by atoms with van der Waals surface area (Å²) in [6, 6.07) is 3.77. The third-order valence-corrected chi connectivity index (χ3v) is 4.71. The molecule has 0 radical (unpaired) electrons. The minimum absolute atomic E-state index is 0.305. The van der Waals surface area contributed by atoms with Crippen LogP contribution in [0.15, 0.2) is 32.5 Å². The number of benzene rings is 1. The van der Waals surface area contributed by atoms with Gasteiger partial charge < -0.3 is 0 Å². The van der Waals surface area contributed by atoms with Crippen LogP contribution in [-0.2, 0) is 18.9 Å². The van der Waals surface area contributed by atoms with Gasteiger partial charge in [0.05, 0.1) is 4.90 Å². The summed E-state index contributed by atoms with van der Waals surface area (Å²) in [5.41, 5.74) is 0. The van der Waals surface area contributed by atoms with Crippen LogP contribution in [0.25, 0.3) is 0 Å². The van der Waals surface area contributed by atoms with Crippen molar-refractivity contribution in [3.63, 3.8) is 0 Å². The molecule has 1 aromatic carbocycles. The van der Waals surface area contributed by atoms with Crippen molar-refractivity contribution in [1.29, 1.82) is 0 Å². The van der Waals surface area contributed by atoms with E-state index in [1.807, 2.05) is 0 Å². The predicted octanol–water partition coefficient (Wildman–Crippen LogP) is 1.78. The van der Waals surface area contributed by atoms with Gasteiger partial charge in [0.1, 0.15) is 4.90 Å². The zero-order chi connectivity index (χ0) is 11.9. The van der Waals surface area contributed by atoms with Gasteiger partial charge >= 0.3 is 0 Å². The molecule has 0 aromatic heterocycles. The maximum atomic E-state index is 11.3. The highest BCUT2D eigenvalue weighted by atomic mass is 79.9. The van der Waals surface area contributed by atoms with Gasteiger partial charge in [0.2, 0.25) is 0 Å². The SMILES string of the molecule is CS(=O)(=O)c1ccc(Br)cc1S(=O)(=O)Cl. The van der Waals surface area contributed by atoms with Crippen molar-refractivity contribution >= 4 is 45.5 Å². The Morgan fingerprint density at radius 1 is 1.13 bits per heavy atom. The topological polar surface area (TPSA) is 68.3 Å². The third-order valence-electron chi connectivity index (χ3n) is 1.57. The van der Waals surface area contributed by atoms with Crippen molar-refractivity contribution in [2.45, 2.75) is 9.79 Å². The summed E-state index contributed by atoms with van der Waals surface area (Å²) in [4.78, 5) is -0.721. The lowest BCUT2D eigenvalue weighted by atomic mass is 10.4. The fourth-order valence-electron chi connectivity index (χ4n) is 0.979. The molecule has 0 aliphatic rings. The fraction of sp³-hybridized carbons (Fsp3) is 0.143. The van der Waals surface area contributed by atoms with E-state index in [0.717, 1.165) is 12.3 Å². The molecule has 0 unspecified atom stereocenters.